The van der Waals surface area contributed by atoms with Gasteiger partial charge in [-0.1, -0.05) is 32.9 Å². The molecule has 0 N–H and O–H groups in total. The van der Waals surface area contributed by atoms with E-state index in [1.54, 1.807) is 4.31 Å². The lowest BCUT2D eigenvalue weighted by Crippen LogP contribution is -2.43. The maximum Gasteiger partial charge on any atom is 0.211 e. The van der Waals surface area contributed by atoms with Crippen LogP contribution in [0.4, 0.5) is 0 Å². The molecular weight excluding hydrogens is 372 g/mol. The number of hydrogen-bond acceptors (Lipinski definition) is 4. The van der Waals surface area contributed by atoms with Gasteiger partial charge in [0.2, 0.25) is 10.0 Å². The number of piperidine rings is 1. The number of likely N-dealkylation sites (N-methyl/N-ethyl adjacent to an activating group) is 1. The number of rotatable bonds is 7. The molecule has 0 saturated carbocycles. The predicted molar refractivity (Wildman–Crippen MR) is 115 cm³/mol. The zero-order valence-corrected chi connectivity index (χ0v) is 18.9. The Hall–Kier alpha value is -1.11. The van der Waals surface area contributed by atoms with Gasteiger partial charge in [0.05, 0.1) is 12.9 Å². The fourth-order valence-corrected chi connectivity index (χ4v) is 5.43. The molecule has 1 fully saturated rings. The number of benzene rings is 1. The van der Waals surface area contributed by atoms with Gasteiger partial charge in [-0.2, -0.15) is 0 Å². The largest absolute Gasteiger partial charge is 0.492 e. The van der Waals surface area contributed by atoms with E-state index in [-0.39, 0.29) is 5.41 Å². The first-order valence-corrected chi connectivity index (χ1v) is 12.4. The molecule has 0 radical (unpaired) electrons. The Morgan fingerprint density at radius 1 is 1.29 bits per heavy atom. The van der Waals surface area contributed by atoms with Crippen LogP contribution in [-0.2, 0) is 21.9 Å². The summed E-state index contributed by atoms with van der Waals surface area (Å²) in [5, 5.41) is 0. The standard InChI is InChI=1S/C22H36N2O3S/c1-6-23(15-18-9-11-24(12-10-18)28(5,25)26)17(2)13-19-7-8-20-21(14-19)27-16-22(20,3)4/h7-8,14,17-18H,6,9-13,15-16H2,1-5H3. The van der Waals surface area contributed by atoms with Crippen molar-refractivity contribution in [1.29, 1.82) is 0 Å². The van der Waals surface area contributed by atoms with Crippen LogP contribution in [0.3, 0.4) is 0 Å². The summed E-state index contributed by atoms with van der Waals surface area (Å²) in [7, 11) is -3.05. The molecule has 5 nitrogen and oxygen atoms in total. The van der Waals surface area contributed by atoms with Gasteiger partial charge >= 0.3 is 0 Å². The van der Waals surface area contributed by atoms with Gasteiger partial charge in [-0.25, -0.2) is 12.7 Å². The van der Waals surface area contributed by atoms with E-state index < -0.39 is 10.0 Å². The van der Waals surface area contributed by atoms with Crippen LogP contribution >= 0.6 is 0 Å². The molecule has 28 heavy (non-hydrogen) atoms. The van der Waals surface area contributed by atoms with E-state index >= 15 is 0 Å². The van der Waals surface area contributed by atoms with E-state index in [4.69, 9.17) is 4.74 Å². The van der Waals surface area contributed by atoms with Crippen molar-refractivity contribution >= 4 is 10.0 Å². The molecule has 1 aromatic rings. The molecule has 1 aromatic carbocycles. The highest BCUT2D eigenvalue weighted by Crippen LogP contribution is 2.39. The van der Waals surface area contributed by atoms with Crippen LogP contribution in [0.25, 0.3) is 0 Å². The van der Waals surface area contributed by atoms with E-state index in [0.29, 0.717) is 25.0 Å². The van der Waals surface area contributed by atoms with E-state index in [9.17, 15) is 8.42 Å². The predicted octanol–water partition coefficient (Wildman–Crippen LogP) is 3.28. The van der Waals surface area contributed by atoms with Crippen LogP contribution in [0.1, 0.15) is 51.7 Å². The molecule has 2 aliphatic rings. The highest BCUT2D eigenvalue weighted by molar-refractivity contribution is 7.88. The van der Waals surface area contributed by atoms with Crippen molar-refractivity contribution in [2.45, 2.75) is 58.4 Å². The van der Waals surface area contributed by atoms with Crippen molar-refractivity contribution in [2.24, 2.45) is 5.92 Å². The Kier molecular flexibility index (Phi) is 6.42. The van der Waals surface area contributed by atoms with Crippen LogP contribution in [0.5, 0.6) is 5.75 Å². The van der Waals surface area contributed by atoms with E-state index in [2.05, 4.69) is 50.8 Å². The third-order valence-corrected chi connectivity index (χ3v) is 7.76. The Labute approximate surface area is 171 Å². The van der Waals surface area contributed by atoms with Crippen LogP contribution in [0, 0.1) is 5.92 Å². The van der Waals surface area contributed by atoms with Gasteiger partial charge < -0.3 is 9.64 Å². The van der Waals surface area contributed by atoms with Crippen molar-refractivity contribution in [1.82, 2.24) is 9.21 Å². The first-order chi connectivity index (χ1) is 13.1. The monoisotopic (exact) mass is 408 g/mol. The number of hydrogen-bond donors (Lipinski definition) is 0. The number of nitrogens with zero attached hydrogens (tertiary/aromatic N) is 2. The molecule has 1 atom stereocenters. The zero-order valence-electron chi connectivity index (χ0n) is 18.1. The number of fused-ring (bicyclic) bond motifs is 1. The third-order valence-electron chi connectivity index (χ3n) is 6.46. The zero-order chi connectivity index (χ0) is 20.5. The van der Waals surface area contributed by atoms with Gasteiger partial charge in [0.1, 0.15) is 5.75 Å². The van der Waals surface area contributed by atoms with E-state index in [1.807, 2.05) is 0 Å². The molecule has 6 heteroatoms. The lowest BCUT2D eigenvalue weighted by molar-refractivity contribution is 0.152. The lowest BCUT2D eigenvalue weighted by Gasteiger charge is -2.36. The molecule has 2 aliphatic heterocycles. The number of sulfonamides is 1. The average Bonchev–Trinajstić information content (AvgIpc) is 2.93. The summed E-state index contributed by atoms with van der Waals surface area (Å²) in [4.78, 5) is 2.54. The molecule has 0 bridgehead atoms. The highest BCUT2D eigenvalue weighted by Gasteiger charge is 2.32. The fraction of sp³-hybridized carbons (Fsp3) is 0.727. The quantitative estimate of drug-likeness (QED) is 0.695. The van der Waals surface area contributed by atoms with Crippen LogP contribution in [0.2, 0.25) is 0 Å². The van der Waals surface area contributed by atoms with E-state index in [0.717, 1.165) is 44.7 Å². The Balaban J connectivity index is 1.57. The minimum atomic E-state index is -3.05. The number of ether oxygens (including phenoxy) is 1. The summed E-state index contributed by atoms with van der Waals surface area (Å²) in [5.74, 6) is 1.62. The molecule has 2 heterocycles. The average molecular weight is 409 g/mol. The van der Waals surface area contributed by atoms with Crippen LogP contribution < -0.4 is 4.74 Å². The maximum atomic E-state index is 11.7. The first-order valence-electron chi connectivity index (χ1n) is 10.6. The minimum Gasteiger partial charge on any atom is -0.492 e. The fourth-order valence-electron chi connectivity index (χ4n) is 4.55. The van der Waals surface area contributed by atoms with E-state index in [1.165, 1.54) is 17.4 Å². The molecule has 158 valence electrons. The van der Waals surface area contributed by atoms with Gasteiger partial charge in [-0.15, -0.1) is 0 Å². The topological polar surface area (TPSA) is 49.9 Å². The molecule has 0 aromatic heterocycles. The van der Waals surface area contributed by atoms with Crippen molar-refractivity contribution in [3.8, 4) is 5.75 Å². The molecule has 0 aliphatic carbocycles. The Morgan fingerprint density at radius 2 is 1.96 bits per heavy atom. The van der Waals surface area contributed by atoms with Crippen molar-refractivity contribution in [2.75, 3.05) is 39.0 Å². The second kappa shape index (κ2) is 8.33. The Bertz CT molecular complexity index is 783. The summed E-state index contributed by atoms with van der Waals surface area (Å²) in [6.07, 6.45) is 4.23. The highest BCUT2D eigenvalue weighted by atomic mass is 32.2. The summed E-state index contributed by atoms with van der Waals surface area (Å²) >= 11 is 0. The minimum absolute atomic E-state index is 0.107. The molecule has 1 unspecified atom stereocenters. The van der Waals surface area contributed by atoms with Crippen molar-refractivity contribution in [3.63, 3.8) is 0 Å². The maximum absolute atomic E-state index is 11.7. The third kappa shape index (κ3) is 4.89. The molecule has 3 rings (SSSR count). The van der Waals surface area contributed by atoms with Crippen molar-refractivity contribution in [3.05, 3.63) is 29.3 Å². The summed E-state index contributed by atoms with van der Waals surface area (Å²) < 4.78 is 31.0. The summed E-state index contributed by atoms with van der Waals surface area (Å²) in [6, 6.07) is 7.16. The second-order valence-electron chi connectivity index (χ2n) is 9.25. The molecule has 0 spiro atoms. The van der Waals surface area contributed by atoms with Crippen molar-refractivity contribution < 1.29 is 13.2 Å². The first kappa shape index (κ1) is 21.6. The smallest absolute Gasteiger partial charge is 0.211 e. The lowest BCUT2D eigenvalue weighted by atomic mass is 9.86. The molecule has 0 amide bonds. The van der Waals surface area contributed by atoms with Gasteiger partial charge in [0, 0.05) is 36.7 Å². The van der Waals surface area contributed by atoms with Gasteiger partial charge in [-0.3, -0.25) is 0 Å². The molecule has 1 saturated heterocycles. The van der Waals surface area contributed by atoms with Crippen LogP contribution in [0.15, 0.2) is 18.2 Å². The molecular formula is C22H36N2O3S. The van der Waals surface area contributed by atoms with Gasteiger partial charge in [0.15, 0.2) is 0 Å². The van der Waals surface area contributed by atoms with Crippen LogP contribution in [-0.4, -0.2) is 62.7 Å². The SMILES string of the molecule is CCN(CC1CCN(S(C)(=O)=O)CC1)C(C)Cc1ccc2c(c1)OCC2(C)C. The van der Waals surface area contributed by atoms with Gasteiger partial charge in [0.25, 0.3) is 0 Å². The van der Waals surface area contributed by atoms with Gasteiger partial charge in [-0.05, 0) is 50.3 Å². The summed E-state index contributed by atoms with van der Waals surface area (Å²) in [5.41, 5.74) is 2.75. The normalized spacial score (nSPS) is 21.5. The second-order valence-corrected chi connectivity index (χ2v) is 11.2. The Morgan fingerprint density at radius 3 is 2.57 bits per heavy atom. The summed E-state index contributed by atoms with van der Waals surface area (Å²) in [6.45, 7) is 13.1.